The fourth-order valence-electron chi connectivity index (χ4n) is 3.25. The van der Waals surface area contributed by atoms with Crippen molar-refractivity contribution in [3.63, 3.8) is 0 Å². The Morgan fingerprint density at radius 1 is 1.14 bits per heavy atom. The van der Waals surface area contributed by atoms with E-state index in [1.54, 1.807) is 29.3 Å². The zero-order valence-electron chi connectivity index (χ0n) is 16.0. The van der Waals surface area contributed by atoms with E-state index >= 15 is 0 Å². The summed E-state index contributed by atoms with van der Waals surface area (Å²) in [6, 6.07) is 14.2. The molecule has 0 saturated heterocycles. The van der Waals surface area contributed by atoms with Crippen molar-refractivity contribution in [2.24, 2.45) is 0 Å². The van der Waals surface area contributed by atoms with Crippen molar-refractivity contribution < 1.29 is 24.2 Å². The molecule has 29 heavy (non-hydrogen) atoms. The zero-order valence-corrected chi connectivity index (χ0v) is 16.0. The molecule has 3 rings (SSSR count). The zero-order chi connectivity index (χ0) is 20.8. The van der Waals surface area contributed by atoms with Crippen LogP contribution in [-0.2, 0) is 20.9 Å². The number of carboxylic acids is 1. The van der Waals surface area contributed by atoms with E-state index in [0.717, 1.165) is 16.7 Å². The summed E-state index contributed by atoms with van der Waals surface area (Å²) >= 11 is 0. The van der Waals surface area contributed by atoms with Gasteiger partial charge in [-0.1, -0.05) is 36.4 Å². The first-order valence-electron chi connectivity index (χ1n) is 9.20. The number of carbonyl (C=O) groups excluding carboxylic acids is 2. The summed E-state index contributed by atoms with van der Waals surface area (Å²) < 4.78 is 5.15. The number of ether oxygens (including phenoxy) is 1. The first kappa shape index (κ1) is 20.1. The van der Waals surface area contributed by atoms with Crippen molar-refractivity contribution in [3.05, 3.63) is 71.4 Å². The van der Waals surface area contributed by atoms with Crippen LogP contribution in [0, 0.1) is 0 Å². The summed E-state index contributed by atoms with van der Waals surface area (Å²) in [7, 11) is 0. The Morgan fingerprint density at radius 3 is 2.69 bits per heavy atom. The third-order valence-electron chi connectivity index (χ3n) is 4.60. The van der Waals surface area contributed by atoms with Crippen molar-refractivity contribution >= 4 is 23.9 Å². The van der Waals surface area contributed by atoms with Gasteiger partial charge >= 0.3 is 5.97 Å². The molecule has 2 amide bonds. The van der Waals surface area contributed by atoms with Crippen LogP contribution in [0.3, 0.4) is 0 Å². The first-order chi connectivity index (χ1) is 13.9. The smallest absolute Gasteiger partial charge is 0.341 e. The number of carboxylic acid groups (broad SMARTS) is 1. The summed E-state index contributed by atoms with van der Waals surface area (Å²) in [6.07, 6.45) is 3.72. The van der Waals surface area contributed by atoms with Gasteiger partial charge in [-0.25, -0.2) is 4.79 Å². The van der Waals surface area contributed by atoms with E-state index in [-0.39, 0.29) is 30.8 Å². The average molecular weight is 394 g/mol. The highest BCUT2D eigenvalue weighted by Crippen LogP contribution is 2.32. The molecular formula is C22H22N2O5. The van der Waals surface area contributed by atoms with Crippen LogP contribution in [0.1, 0.15) is 36.1 Å². The second kappa shape index (κ2) is 9.05. The predicted octanol–water partition coefficient (Wildman–Crippen LogP) is 2.73. The maximum absolute atomic E-state index is 12.6. The van der Waals surface area contributed by atoms with Crippen LogP contribution < -0.4 is 10.1 Å². The van der Waals surface area contributed by atoms with E-state index in [1.807, 2.05) is 36.4 Å². The number of hydrogen-bond donors (Lipinski definition) is 2. The fourth-order valence-corrected chi connectivity index (χ4v) is 3.25. The highest BCUT2D eigenvalue weighted by molar-refractivity contribution is 5.81. The molecule has 2 aromatic carbocycles. The SMILES string of the molecule is CC(=O)N1C=Cc2ccccc2C1CC(=O)NCc1cccc(OCC(=O)O)c1. The largest absolute Gasteiger partial charge is 0.482 e. The van der Waals surface area contributed by atoms with E-state index in [0.29, 0.717) is 5.75 Å². The second-order valence-corrected chi connectivity index (χ2v) is 6.70. The lowest BCUT2D eigenvalue weighted by Gasteiger charge is -2.32. The van der Waals surface area contributed by atoms with Crippen molar-refractivity contribution in [1.29, 1.82) is 0 Å². The van der Waals surface area contributed by atoms with Crippen LogP contribution in [-0.4, -0.2) is 34.4 Å². The highest BCUT2D eigenvalue weighted by Gasteiger charge is 2.28. The van der Waals surface area contributed by atoms with Gasteiger partial charge in [0.25, 0.3) is 0 Å². The molecule has 2 aromatic rings. The summed E-state index contributed by atoms with van der Waals surface area (Å²) in [5, 5.41) is 11.5. The van der Waals surface area contributed by atoms with Crippen LogP contribution in [0.15, 0.2) is 54.7 Å². The standard InChI is InChI=1S/C22H22N2O5/c1-15(25)24-10-9-17-6-2-3-8-19(17)20(24)12-21(26)23-13-16-5-4-7-18(11-16)29-14-22(27)28/h2-11,20H,12-14H2,1H3,(H,23,26)(H,27,28). The fraction of sp³-hybridized carbons (Fsp3) is 0.227. The maximum Gasteiger partial charge on any atom is 0.341 e. The number of carbonyl (C=O) groups is 3. The Hall–Kier alpha value is -3.61. The lowest BCUT2D eigenvalue weighted by atomic mass is 9.93. The monoisotopic (exact) mass is 394 g/mol. The third-order valence-corrected chi connectivity index (χ3v) is 4.60. The van der Waals surface area contributed by atoms with Gasteiger partial charge < -0.3 is 20.1 Å². The van der Waals surface area contributed by atoms with Gasteiger partial charge in [-0.15, -0.1) is 0 Å². The van der Waals surface area contributed by atoms with E-state index < -0.39 is 12.6 Å². The number of nitrogens with zero attached hydrogens (tertiary/aromatic N) is 1. The van der Waals surface area contributed by atoms with E-state index in [4.69, 9.17) is 9.84 Å². The quantitative estimate of drug-likeness (QED) is 0.753. The Kier molecular flexibility index (Phi) is 6.29. The van der Waals surface area contributed by atoms with Crippen LogP contribution in [0.25, 0.3) is 6.08 Å². The maximum atomic E-state index is 12.6. The summed E-state index contributed by atoms with van der Waals surface area (Å²) in [6.45, 7) is 1.32. The van der Waals surface area contributed by atoms with Gasteiger partial charge in [-0.2, -0.15) is 0 Å². The molecular weight excluding hydrogens is 372 g/mol. The molecule has 1 heterocycles. The van der Waals surface area contributed by atoms with Crippen molar-refractivity contribution in [3.8, 4) is 5.75 Å². The number of hydrogen-bond acceptors (Lipinski definition) is 4. The molecule has 150 valence electrons. The number of benzene rings is 2. The van der Waals surface area contributed by atoms with Gasteiger partial charge in [0.1, 0.15) is 5.75 Å². The van der Waals surface area contributed by atoms with Crippen LogP contribution in [0.2, 0.25) is 0 Å². The first-order valence-corrected chi connectivity index (χ1v) is 9.20. The molecule has 1 unspecified atom stereocenters. The van der Waals surface area contributed by atoms with Gasteiger partial charge in [0.15, 0.2) is 6.61 Å². The lowest BCUT2D eigenvalue weighted by molar-refractivity contribution is -0.139. The van der Waals surface area contributed by atoms with Crippen LogP contribution in [0.4, 0.5) is 0 Å². The molecule has 2 N–H and O–H groups in total. The molecule has 0 bridgehead atoms. The number of fused-ring (bicyclic) bond motifs is 1. The minimum atomic E-state index is -1.06. The third kappa shape index (κ3) is 5.22. The molecule has 0 spiro atoms. The van der Waals surface area contributed by atoms with Gasteiger partial charge in [-0.05, 0) is 34.9 Å². The molecule has 1 aliphatic rings. The molecule has 1 atom stereocenters. The van der Waals surface area contributed by atoms with E-state index in [2.05, 4.69) is 5.32 Å². The lowest BCUT2D eigenvalue weighted by Crippen LogP contribution is -2.35. The topological polar surface area (TPSA) is 95.9 Å². The molecule has 0 radical (unpaired) electrons. The van der Waals surface area contributed by atoms with Crippen molar-refractivity contribution in [2.45, 2.75) is 25.9 Å². The number of amides is 2. The van der Waals surface area contributed by atoms with Gasteiger partial charge in [0.05, 0.1) is 12.5 Å². The van der Waals surface area contributed by atoms with E-state index in [9.17, 15) is 14.4 Å². The van der Waals surface area contributed by atoms with Crippen LogP contribution in [0.5, 0.6) is 5.75 Å². The normalized spacial score (nSPS) is 14.8. The highest BCUT2D eigenvalue weighted by atomic mass is 16.5. The number of aliphatic carboxylic acids is 1. The Bertz CT molecular complexity index is 954. The Morgan fingerprint density at radius 2 is 1.93 bits per heavy atom. The second-order valence-electron chi connectivity index (χ2n) is 6.70. The molecule has 0 saturated carbocycles. The average Bonchev–Trinajstić information content (AvgIpc) is 2.71. The summed E-state index contributed by atoms with van der Waals surface area (Å²) in [5.74, 6) is -0.950. The number of nitrogens with one attached hydrogen (secondary N) is 1. The molecule has 1 aliphatic heterocycles. The summed E-state index contributed by atoms with van der Waals surface area (Å²) in [4.78, 5) is 36.8. The molecule has 7 nitrogen and oxygen atoms in total. The summed E-state index contributed by atoms with van der Waals surface area (Å²) in [5.41, 5.74) is 2.71. The molecule has 0 aromatic heterocycles. The minimum Gasteiger partial charge on any atom is -0.482 e. The molecule has 0 fully saturated rings. The molecule has 7 heteroatoms. The van der Waals surface area contributed by atoms with Crippen molar-refractivity contribution in [1.82, 2.24) is 10.2 Å². The van der Waals surface area contributed by atoms with Crippen molar-refractivity contribution in [2.75, 3.05) is 6.61 Å². The van der Waals surface area contributed by atoms with Gasteiger partial charge in [0.2, 0.25) is 11.8 Å². The predicted molar refractivity (Wildman–Crippen MR) is 107 cm³/mol. The molecule has 0 aliphatic carbocycles. The Balaban J connectivity index is 1.64. The minimum absolute atomic E-state index is 0.128. The Labute approximate surface area is 168 Å². The van der Waals surface area contributed by atoms with E-state index in [1.165, 1.54) is 6.92 Å². The van der Waals surface area contributed by atoms with Gasteiger partial charge in [0, 0.05) is 19.7 Å². The van der Waals surface area contributed by atoms with Crippen LogP contribution >= 0.6 is 0 Å². The number of rotatable bonds is 7. The van der Waals surface area contributed by atoms with Gasteiger partial charge in [-0.3, -0.25) is 9.59 Å².